The summed E-state index contributed by atoms with van der Waals surface area (Å²) in [5.74, 6) is 0. The van der Waals surface area contributed by atoms with E-state index in [0.717, 1.165) is 24.9 Å². The summed E-state index contributed by atoms with van der Waals surface area (Å²) in [6.45, 7) is 0. The summed E-state index contributed by atoms with van der Waals surface area (Å²) in [5, 5.41) is 0. The van der Waals surface area contributed by atoms with Gasteiger partial charge in [0.2, 0.25) is 0 Å². The monoisotopic (exact) mass is 398 g/mol. The van der Waals surface area contributed by atoms with E-state index in [0.29, 0.717) is 0 Å². The van der Waals surface area contributed by atoms with E-state index in [1.807, 2.05) is 30.5 Å². The van der Waals surface area contributed by atoms with Crippen molar-refractivity contribution in [2.75, 3.05) is 0 Å². The first-order chi connectivity index (χ1) is 8.25. The first kappa shape index (κ1) is 11.2. The fraction of sp³-hybridized carbons (Fsp3) is 0. The zero-order valence-electron chi connectivity index (χ0n) is 8.77. The standard InChI is InChI=1S/C13H8BrIN2/c14-10-5-2-1-4-9(10)12-8-17-7-3-6-11(15)13(17)16-12/h1-8H. The highest BCUT2D eigenvalue weighted by Gasteiger charge is 2.08. The molecule has 0 aliphatic carbocycles. The second-order valence-corrected chi connectivity index (χ2v) is 5.71. The third-order valence-corrected chi connectivity index (χ3v) is 4.12. The molecule has 1 aromatic carbocycles. The van der Waals surface area contributed by atoms with Crippen LogP contribution in [-0.4, -0.2) is 9.38 Å². The summed E-state index contributed by atoms with van der Waals surface area (Å²) in [5.41, 5.74) is 3.10. The van der Waals surface area contributed by atoms with Crippen LogP contribution < -0.4 is 0 Å². The predicted octanol–water partition coefficient (Wildman–Crippen LogP) is 4.37. The van der Waals surface area contributed by atoms with Gasteiger partial charge in [-0.15, -0.1) is 0 Å². The summed E-state index contributed by atoms with van der Waals surface area (Å²) >= 11 is 5.86. The van der Waals surface area contributed by atoms with Crippen LogP contribution in [0.1, 0.15) is 0 Å². The fourth-order valence-corrected chi connectivity index (χ4v) is 2.87. The van der Waals surface area contributed by atoms with E-state index >= 15 is 0 Å². The molecule has 0 fully saturated rings. The van der Waals surface area contributed by atoms with Crippen LogP contribution in [0.4, 0.5) is 0 Å². The molecular formula is C13H8BrIN2. The van der Waals surface area contributed by atoms with E-state index in [2.05, 4.69) is 66.2 Å². The number of rotatable bonds is 1. The van der Waals surface area contributed by atoms with Gasteiger partial charge in [0.05, 0.1) is 9.26 Å². The van der Waals surface area contributed by atoms with Gasteiger partial charge in [0, 0.05) is 22.4 Å². The lowest BCUT2D eigenvalue weighted by molar-refractivity contribution is 1.18. The van der Waals surface area contributed by atoms with Gasteiger partial charge in [0.25, 0.3) is 0 Å². The van der Waals surface area contributed by atoms with Crippen molar-refractivity contribution in [3.63, 3.8) is 0 Å². The van der Waals surface area contributed by atoms with Gasteiger partial charge in [0.15, 0.2) is 5.65 Å². The zero-order valence-corrected chi connectivity index (χ0v) is 12.5. The molecule has 4 heteroatoms. The number of fused-ring (bicyclic) bond motifs is 1. The van der Waals surface area contributed by atoms with Gasteiger partial charge in [-0.25, -0.2) is 4.98 Å². The number of imidazole rings is 1. The van der Waals surface area contributed by atoms with Gasteiger partial charge in [-0.2, -0.15) is 0 Å². The Hall–Kier alpha value is -0.880. The van der Waals surface area contributed by atoms with Crippen molar-refractivity contribution in [3.8, 4) is 11.3 Å². The van der Waals surface area contributed by atoms with Crippen molar-refractivity contribution in [1.82, 2.24) is 9.38 Å². The summed E-state index contributed by atoms with van der Waals surface area (Å²) in [4.78, 5) is 4.67. The van der Waals surface area contributed by atoms with E-state index in [9.17, 15) is 0 Å². The van der Waals surface area contributed by atoms with E-state index < -0.39 is 0 Å². The number of hydrogen-bond donors (Lipinski definition) is 0. The molecule has 3 aromatic rings. The highest BCUT2D eigenvalue weighted by Crippen LogP contribution is 2.28. The van der Waals surface area contributed by atoms with Gasteiger partial charge in [0.1, 0.15) is 0 Å². The molecular weight excluding hydrogens is 391 g/mol. The molecule has 2 aromatic heterocycles. The molecule has 0 radical (unpaired) electrons. The Balaban J connectivity index is 2.26. The highest BCUT2D eigenvalue weighted by atomic mass is 127. The van der Waals surface area contributed by atoms with Crippen molar-refractivity contribution < 1.29 is 0 Å². The molecule has 3 rings (SSSR count). The molecule has 0 spiro atoms. The maximum atomic E-state index is 4.67. The molecule has 0 bridgehead atoms. The molecule has 2 nitrogen and oxygen atoms in total. The minimum absolute atomic E-state index is 0.988. The minimum Gasteiger partial charge on any atom is -0.306 e. The molecule has 0 aliphatic heterocycles. The molecule has 0 saturated carbocycles. The van der Waals surface area contributed by atoms with Crippen LogP contribution in [0.3, 0.4) is 0 Å². The second kappa shape index (κ2) is 4.42. The molecule has 0 N–H and O–H groups in total. The van der Waals surface area contributed by atoms with Crippen LogP contribution >= 0.6 is 38.5 Å². The third-order valence-electron chi connectivity index (χ3n) is 2.58. The van der Waals surface area contributed by atoms with Crippen molar-refractivity contribution in [3.05, 3.63) is 56.8 Å². The topological polar surface area (TPSA) is 17.3 Å². The number of aromatic nitrogens is 2. The highest BCUT2D eigenvalue weighted by molar-refractivity contribution is 14.1. The summed E-state index contributed by atoms with van der Waals surface area (Å²) in [7, 11) is 0. The Morgan fingerprint density at radius 3 is 2.71 bits per heavy atom. The molecule has 84 valence electrons. The van der Waals surface area contributed by atoms with Crippen molar-refractivity contribution in [2.24, 2.45) is 0 Å². The van der Waals surface area contributed by atoms with E-state index in [1.54, 1.807) is 0 Å². The Morgan fingerprint density at radius 1 is 1.12 bits per heavy atom. The minimum atomic E-state index is 0.988. The van der Waals surface area contributed by atoms with Gasteiger partial charge in [-0.3, -0.25) is 0 Å². The van der Waals surface area contributed by atoms with Crippen LogP contribution in [0.15, 0.2) is 53.3 Å². The van der Waals surface area contributed by atoms with Crippen molar-refractivity contribution in [2.45, 2.75) is 0 Å². The molecule has 0 saturated heterocycles. The zero-order chi connectivity index (χ0) is 11.8. The normalized spacial score (nSPS) is 10.9. The maximum absolute atomic E-state index is 4.67. The lowest BCUT2D eigenvalue weighted by Gasteiger charge is -1.98. The number of pyridine rings is 1. The SMILES string of the molecule is Brc1ccccc1-c1cn2cccc(I)c2n1. The van der Waals surface area contributed by atoms with E-state index in [-0.39, 0.29) is 0 Å². The summed E-state index contributed by atoms with van der Waals surface area (Å²) < 4.78 is 4.28. The molecule has 2 heterocycles. The lowest BCUT2D eigenvalue weighted by atomic mass is 10.2. The first-order valence-electron chi connectivity index (χ1n) is 5.14. The van der Waals surface area contributed by atoms with Crippen LogP contribution in [-0.2, 0) is 0 Å². The molecule has 17 heavy (non-hydrogen) atoms. The largest absolute Gasteiger partial charge is 0.306 e. The van der Waals surface area contributed by atoms with Crippen molar-refractivity contribution >= 4 is 44.2 Å². The van der Waals surface area contributed by atoms with E-state index in [4.69, 9.17) is 0 Å². The maximum Gasteiger partial charge on any atom is 0.150 e. The van der Waals surface area contributed by atoms with E-state index in [1.165, 1.54) is 0 Å². The molecule has 0 amide bonds. The third kappa shape index (κ3) is 1.99. The van der Waals surface area contributed by atoms with Gasteiger partial charge < -0.3 is 4.40 Å². The van der Waals surface area contributed by atoms with Gasteiger partial charge >= 0.3 is 0 Å². The summed E-state index contributed by atoms with van der Waals surface area (Å²) in [6.07, 6.45) is 4.07. The van der Waals surface area contributed by atoms with Gasteiger partial charge in [-0.05, 0) is 40.8 Å². The molecule has 0 aliphatic rings. The number of benzene rings is 1. The number of halogens is 2. The van der Waals surface area contributed by atoms with Crippen LogP contribution in [0.2, 0.25) is 0 Å². The average molecular weight is 399 g/mol. The predicted molar refractivity (Wildman–Crippen MR) is 81.0 cm³/mol. The Labute approximate surface area is 121 Å². The van der Waals surface area contributed by atoms with Gasteiger partial charge in [-0.1, -0.05) is 34.1 Å². The Bertz CT molecular complexity index is 691. The smallest absolute Gasteiger partial charge is 0.150 e. The van der Waals surface area contributed by atoms with Crippen molar-refractivity contribution in [1.29, 1.82) is 0 Å². The first-order valence-corrected chi connectivity index (χ1v) is 7.01. The van der Waals surface area contributed by atoms with Crippen LogP contribution in [0.25, 0.3) is 16.9 Å². The van der Waals surface area contributed by atoms with Crippen LogP contribution in [0.5, 0.6) is 0 Å². The summed E-state index contributed by atoms with van der Waals surface area (Å²) in [6, 6.07) is 12.2. The Kier molecular flexibility index (Phi) is 2.92. The Morgan fingerprint density at radius 2 is 1.94 bits per heavy atom. The quantitative estimate of drug-likeness (QED) is 0.556. The second-order valence-electron chi connectivity index (χ2n) is 3.69. The van der Waals surface area contributed by atoms with Crippen LogP contribution in [0, 0.1) is 3.57 Å². The molecule has 0 atom stereocenters. The fourth-order valence-electron chi connectivity index (χ4n) is 1.78. The lowest BCUT2D eigenvalue weighted by Crippen LogP contribution is -1.83. The number of nitrogens with zero attached hydrogens (tertiary/aromatic N) is 2. The number of hydrogen-bond acceptors (Lipinski definition) is 1. The average Bonchev–Trinajstić information content (AvgIpc) is 2.75. The molecule has 0 unspecified atom stereocenters.